The van der Waals surface area contributed by atoms with Crippen LogP contribution in [0.4, 0.5) is 0 Å². The van der Waals surface area contributed by atoms with Crippen LogP contribution in [0.3, 0.4) is 0 Å². The van der Waals surface area contributed by atoms with Gasteiger partial charge in [-0.05, 0) is 13.8 Å². The quantitative estimate of drug-likeness (QED) is 0.868. The number of benzene rings is 1. The second kappa shape index (κ2) is 4.13. The van der Waals surface area contributed by atoms with E-state index in [1.807, 2.05) is 13.8 Å². The van der Waals surface area contributed by atoms with Gasteiger partial charge >= 0.3 is 5.97 Å². The summed E-state index contributed by atoms with van der Waals surface area (Å²) in [6.45, 7) is 12.3. The van der Waals surface area contributed by atoms with Crippen LogP contribution < -0.4 is 9.47 Å². The highest BCUT2D eigenvalue weighted by atomic mass is 16.5. The third-order valence-corrected chi connectivity index (χ3v) is 4.57. The molecule has 0 fully saturated rings. The summed E-state index contributed by atoms with van der Waals surface area (Å²) in [5, 5.41) is 9.79. The van der Waals surface area contributed by atoms with Crippen LogP contribution in [0.15, 0.2) is 31.4 Å². The molecule has 0 saturated heterocycles. The van der Waals surface area contributed by atoms with Crippen LogP contribution in [0.1, 0.15) is 35.3 Å². The first-order chi connectivity index (χ1) is 9.86. The van der Waals surface area contributed by atoms with Crippen molar-refractivity contribution in [2.45, 2.75) is 24.7 Å². The maximum absolute atomic E-state index is 11.9. The van der Waals surface area contributed by atoms with Gasteiger partial charge in [-0.1, -0.05) is 12.2 Å². The molecule has 2 heterocycles. The lowest BCUT2D eigenvalue weighted by atomic mass is 9.75. The lowest BCUT2D eigenvalue weighted by molar-refractivity contribution is 0.0692. The third kappa shape index (κ3) is 1.65. The van der Waals surface area contributed by atoms with Crippen LogP contribution in [-0.2, 0) is 10.8 Å². The molecule has 1 N–H and O–H groups in total. The molecule has 0 aromatic heterocycles. The number of hydrogen-bond donors (Lipinski definition) is 1. The van der Waals surface area contributed by atoms with E-state index in [4.69, 9.17) is 9.47 Å². The Morgan fingerprint density at radius 1 is 1.14 bits per heavy atom. The predicted molar refractivity (Wildman–Crippen MR) is 79.5 cm³/mol. The zero-order valence-corrected chi connectivity index (χ0v) is 12.2. The molecule has 0 amide bonds. The highest BCUT2D eigenvalue weighted by molar-refractivity contribution is 5.95. The summed E-state index contributed by atoms with van der Waals surface area (Å²) in [5.74, 6) is 0.170. The van der Waals surface area contributed by atoms with Crippen molar-refractivity contribution in [3.63, 3.8) is 0 Å². The molecule has 0 saturated carbocycles. The van der Waals surface area contributed by atoms with E-state index in [1.54, 1.807) is 18.2 Å². The molecular weight excluding hydrogens is 268 g/mol. The Morgan fingerprint density at radius 3 is 1.90 bits per heavy atom. The van der Waals surface area contributed by atoms with Crippen LogP contribution in [-0.4, -0.2) is 24.3 Å². The minimum absolute atomic E-state index is 0.266. The topological polar surface area (TPSA) is 55.8 Å². The van der Waals surface area contributed by atoms with Crippen molar-refractivity contribution >= 4 is 5.97 Å². The molecule has 21 heavy (non-hydrogen) atoms. The number of rotatable bonds is 3. The molecule has 2 aliphatic rings. The molecule has 110 valence electrons. The summed E-state index contributed by atoms with van der Waals surface area (Å²) in [5.41, 5.74) is 0.609. The maximum atomic E-state index is 11.9. The molecule has 2 aliphatic heterocycles. The smallest absolute Gasteiger partial charge is 0.336 e. The molecule has 2 atom stereocenters. The fourth-order valence-corrected chi connectivity index (χ4v) is 3.13. The van der Waals surface area contributed by atoms with Gasteiger partial charge in [-0.3, -0.25) is 0 Å². The molecule has 2 unspecified atom stereocenters. The number of fused-ring (bicyclic) bond motifs is 2. The Labute approximate surface area is 123 Å². The lowest BCUT2D eigenvalue weighted by Crippen LogP contribution is -2.27. The first-order valence-electron chi connectivity index (χ1n) is 6.84. The molecule has 0 aliphatic carbocycles. The number of carboxylic acid groups (broad SMARTS) is 1. The minimum atomic E-state index is -0.972. The Hall–Kier alpha value is -2.23. The van der Waals surface area contributed by atoms with E-state index in [0.717, 1.165) is 0 Å². The Bertz CT molecular complexity index is 628. The van der Waals surface area contributed by atoms with Crippen molar-refractivity contribution in [2.75, 3.05) is 13.2 Å². The monoisotopic (exact) mass is 286 g/mol. The van der Waals surface area contributed by atoms with Crippen LogP contribution in [0.2, 0.25) is 0 Å². The van der Waals surface area contributed by atoms with Gasteiger partial charge in [0, 0.05) is 28.0 Å². The number of carboxylic acids is 1. The third-order valence-electron chi connectivity index (χ3n) is 4.57. The van der Waals surface area contributed by atoms with E-state index in [-0.39, 0.29) is 5.56 Å². The van der Waals surface area contributed by atoms with Crippen molar-refractivity contribution in [3.8, 4) is 11.5 Å². The van der Waals surface area contributed by atoms with Gasteiger partial charge < -0.3 is 14.6 Å². The second-order valence-electron chi connectivity index (χ2n) is 6.12. The van der Waals surface area contributed by atoms with Crippen molar-refractivity contribution < 1.29 is 19.4 Å². The minimum Gasteiger partial charge on any atom is -0.492 e. The summed E-state index contributed by atoms with van der Waals surface area (Å²) in [6, 6.07) is 1.79. The Kier molecular flexibility index (Phi) is 2.70. The van der Waals surface area contributed by atoms with Gasteiger partial charge in [0.1, 0.15) is 24.7 Å². The number of carbonyl (C=O) groups is 1. The van der Waals surface area contributed by atoms with Gasteiger partial charge in [0.25, 0.3) is 0 Å². The van der Waals surface area contributed by atoms with Gasteiger partial charge in [-0.15, -0.1) is 13.2 Å². The molecule has 0 bridgehead atoms. The van der Waals surface area contributed by atoms with Gasteiger partial charge in [-0.2, -0.15) is 0 Å². The molecule has 4 nitrogen and oxygen atoms in total. The number of hydrogen-bond acceptors (Lipinski definition) is 3. The first kappa shape index (κ1) is 13.7. The standard InChI is InChI=1S/C17H18O4/c1-5-16(3)8-20-10-7-11-14(12(13(10)16)15(18)19)17(4,6-2)9-21-11/h5-7H,1-2,8-9H2,3-4H3,(H,18,19). The molecular formula is C17H18O4. The largest absolute Gasteiger partial charge is 0.492 e. The summed E-state index contributed by atoms with van der Waals surface area (Å²) in [6.07, 6.45) is 3.50. The van der Waals surface area contributed by atoms with E-state index < -0.39 is 16.8 Å². The van der Waals surface area contributed by atoms with Crippen molar-refractivity contribution in [1.82, 2.24) is 0 Å². The fourth-order valence-electron chi connectivity index (χ4n) is 3.13. The summed E-state index contributed by atoms with van der Waals surface area (Å²) in [7, 11) is 0. The zero-order valence-electron chi connectivity index (χ0n) is 12.2. The van der Waals surface area contributed by atoms with Crippen LogP contribution in [0.25, 0.3) is 0 Å². The van der Waals surface area contributed by atoms with Gasteiger partial charge in [0.05, 0.1) is 5.56 Å². The summed E-state index contributed by atoms with van der Waals surface area (Å²) in [4.78, 5) is 11.9. The number of ether oxygens (including phenoxy) is 2. The highest BCUT2D eigenvalue weighted by Gasteiger charge is 2.46. The molecule has 4 heteroatoms. The highest BCUT2D eigenvalue weighted by Crippen LogP contribution is 2.51. The fraction of sp³-hybridized carbons (Fsp3) is 0.353. The average Bonchev–Trinajstić information content (AvgIpc) is 2.97. The SMILES string of the molecule is C=CC1(C)COc2cc3c(c(C(=O)O)c21)C(C)(C=C)CO3. The van der Waals surface area contributed by atoms with Crippen LogP contribution in [0.5, 0.6) is 11.5 Å². The molecule has 0 spiro atoms. The van der Waals surface area contributed by atoms with Gasteiger partial charge in [0.15, 0.2) is 0 Å². The predicted octanol–water partition coefficient (Wildman–Crippen LogP) is 3.06. The molecule has 1 aromatic rings. The van der Waals surface area contributed by atoms with Gasteiger partial charge in [0.2, 0.25) is 0 Å². The van der Waals surface area contributed by atoms with Gasteiger partial charge in [-0.25, -0.2) is 4.79 Å². The van der Waals surface area contributed by atoms with E-state index in [1.165, 1.54) is 0 Å². The van der Waals surface area contributed by atoms with E-state index in [0.29, 0.717) is 35.8 Å². The summed E-state index contributed by atoms with van der Waals surface area (Å²) >= 11 is 0. The molecule has 1 aromatic carbocycles. The average molecular weight is 286 g/mol. The first-order valence-corrected chi connectivity index (χ1v) is 6.84. The second-order valence-corrected chi connectivity index (χ2v) is 6.12. The normalized spacial score (nSPS) is 29.0. The van der Waals surface area contributed by atoms with E-state index >= 15 is 0 Å². The lowest BCUT2D eigenvalue weighted by Gasteiger charge is -2.24. The zero-order chi connectivity index (χ0) is 15.4. The molecule has 0 radical (unpaired) electrons. The van der Waals surface area contributed by atoms with E-state index in [9.17, 15) is 9.90 Å². The van der Waals surface area contributed by atoms with Crippen LogP contribution >= 0.6 is 0 Å². The number of aromatic carboxylic acids is 1. The Balaban J connectivity index is 2.41. The summed E-state index contributed by atoms with van der Waals surface area (Å²) < 4.78 is 11.4. The molecule has 3 rings (SSSR count). The van der Waals surface area contributed by atoms with Crippen molar-refractivity contribution in [1.29, 1.82) is 0 Å². The van der Waals surface area contributed by atoms with Crippen molar-refractivity contribution in [2.24, 2.45) is 0 Å². The van der Waals surface area contributed by atoms with Crippen LogP contribution in [0, 0.1) is 0 Å². The Morgan fingerprint density at radius 2 is 1.57 bits per heavy atom. The van der Waals surface area contributed by atoms with Crippen molar-refractivity contribution in [3.05, 3.63) is 48.1 Å². The maximum Gasteiger partial charge on any atom is 0.336 e. The van der Waals surface area contributed by atoms with E-state index in [2.05, 4.69) is 13.2 Å².